The van der Waals surface area contributed by atoms with E-state index in [0.717, 1.165) is 53.8 Å². The second-order valence-electron chi connectivity index (χ2n) is 6.93. The zero-order valence-corrected chi connectivity index (χ0v) is 17.5. The summed E-state index contributed by atoms with van der Waals surface area (Å²) in [5.41, 5.74) is 2.02. The van der Waals surface area contributed by atoms with Gasteiger partial charge in [0.2, 0.25) is 5.95 Å². The molecular weight excluding hydrogens is 380 g/mol. The number of nitrogens with one attached hydrogen (secondary N) is 2. The molecular formula is C23H28N4O3. The zero-order chi connectivity index (χ0) is 21.2. The number of carbonyl (C=O) groups excluding carboxylic acids is 1. The lowest BCUT2D eigenvalue weighted by atomic mass is 10.2. The summed E-state index contributed by atoms with van der Waals surface area (Å²) >= 11 is 0. The first-order valence-electron chi connectivity index (χ1n) is 10.1. The van der Waals surface area contributed by atoms with Crippen LogP contribution in [0.4, 0.5) is 11.8 Å². The Kier molecular flexibility index (Phi) is 7.83. The number of nitrogens with zero attached hydrogens (tertiary/aromatic N) is 2. The van der Waals surface area contributed by atoms with Gasteiger partial charge < -0.3 is 20.1 Å². The van der Waals surface area contributed by atoms with Gasteiger partial charge in [-0.25, -0.2) is 4.98 Å². The monoisotopic (exact) mass is 408 g/mol. The fraction of sp³-hybridized carbons (Fsp3) is 0.348. The molecule has 2 aromatic carbocycles. The summed E-state index contributed by atoms with van der Waals surface area (Å²) in [5, 5.41) is 7.71. The number of rotatable bonds is 11. The molecule has 0 saturated carbocycles. The number of methoxy groups -OCH3 is 2. The normalized spacial score (nSPS) is 10.6. The summed E-state index contributed by atoms with van der Waals surface area (Å²) < 4.78 is 9.87. The highest BCUT2D eigenvalue weighted by Gasteiger charge is 2.08. The predicted molar refractivity (Wildman–Crippen MR) is 119 cm³/mol. The van der Waals surface area contributed by atoms with Crippen LogP contribution in [0.3, 0.4) is 0 Å². The maximum atomic E-state index is 11.2. The van der Waals surface area contributed by atoms with Crippen molar-refractivity contribution in [1.29, 1.82) is 0 Å². The number of hydrogen-bond donors (Lipinski definition) is 2. The van der Waals surface area contributed by atoms with Crippen molar-refractivity contribution >= 4 is 28.6 Å². The largest absolute Gasteiger partial charge is 0.497 e. The van der Waals surface area contributed by atoms with Crippen molar-refractivity contribution < 1.29 is 14.3 Å². The van der Waals surface area contributed by atoms with Crippen LogP contribution < -0.4 is 15.4 Å². The number of fused-ring (bicyclic) bond motifs is 1. The third-order valence-electron chi connectivity index (χ3n) is 4.79. The Bertz CT molecular complexity index is 960. The SMILES string of the molecule is COC(=O)CCCCCNc1nc(NCc2ccc(OC)cc2)c2ccccc2n1. The van der Waals surface area contributed by atoms with Crippen LogP contribution in [0.5, 0.6) is 5.75 Å². The van der Waals surface area contributed by atoms with Crippen LogP contribution in [0, 0.1) is 0 Å². The van der Waals surface area contributed by atoms with Crippen molar-refractivity contribution in [3.05, 3.63) is 54.1 Å². The molecule has 0 saturated heterocycles. The van der Waals surface area contributed by atoms with Gasteiger partial charge in [-0.15, -0.1) is 0 Å². The van der Waals surface area contributed by atoms with Crippen LogP contribution in [0.25, 0.3) is 10.9 Å². The first-order chi connectivity index (χ1) is 14.7. The molecule has 7 nitrogen and oxygen atoms in total. The fourth-order valence-corrected chi connectivity index (χ4v) is 3.09. The van der Waals surface area contributed by atoms with Crippen LogP contribution in [-0.2, 0) is 16.1 Å². The Balaban J connectivity index is 1.61. The van der Waals surface area contributed by atoms with Gasteiger partial charge in [0, 0.05) is 24.9 Å². The quantitative estimate of drug-likeness (QED) is 0.359. The molecule has 0 fully saturated rings. The van der Waals surface area contributed by atoms with Crippen molar-refractivity contribution in [1.82, 2.24) is 9.97 Å². The van der Waals surface area contributed by atoms with Crippen LogP contribution >= 0.6 is 0 Å². The summed E-state index contributed by atoms with van der Waals surface area (Å²) in [6, 6.07) is 15.9. The number of para-hydroxylation sites is 1. The van der Waals surface area contributed by atoms with Gasteiger partial charge in [-0.2, -0.15) is 4.98 Å². The fourth-order valence-electron chi connectivity index (χ4n) is 3.09. The minimum atomic E-state index is -0.159. The number of aromatic nitrogens is 2. The average molecular weight is 409 g/mol. The van der Waals surface area contributed by atoms with Crippen molar-refractivity contribution in [2.24, 2.45) is 0 Å². The van der Waals surface area contributed by atoms with E-state index in [9.17, 15) is 4.79 Å². The lowest BCUT2D eigenvalue weighted by Crippen LogP contribution is -2.09. The molecule has 3 rings (SSSR count). The van der Waals surface area contributed by atoms with E-state index in [1.54, 1.807) is 7.11 Å². The van der Waals surface area contributed by atoms with Crippen molar-refractivity contribution in [2.45, 2.75) is 32.2 Å². The van der Waals surface area contributed by atoms with Crippen LogP contribution in [0.2, 0.25) is 0 Å². The Labute approximate surface area is 176 Å². The Morgan fingerprint density at radius 2 is 1.73 bits per heavy atom. The van der Waals surface area contributed by atoms with E-state index in [1.165, 1.54) is 7.11 Å². The Hall–Kier alpha value is -3.35. The van der Waals surface area contributed by atoms with Crippen LogP contribution in [0.15, 0.2) is 48.5 Å². The molecule has 0 atom stereocenters. The highest BCUT2D eigenvalue weighted by atomic mass is 16.5. The number of ether oxygens (including phenoxy) is 2. The average Bonchev–Trinajstić information content (AvgIpc) is 2.79. The van der Waals surface area contributed by atoms with E-state index >= 15 is 0 Å². The highest BCUT2D eigenvalue weighted by molar-refractivity contribution is 5.90. The van der Waals surface area contributed by atoms with Gasteiger partial charge >= 0.3 is 5.97 Å². The van der Waals surface area contributed by atoms with Gasteiger partial charge in [0.15, 0.2) is 0 Å². The number of carbonyl (C=O) groups is 1. The molecule has 30 heavy (non-hydrogen) atoms. The van der Waals surface area contributed by atoms with E-state index in [2.05, 4.69) is 25.3 Å². The van der Waals surface area contributed by atoms with Crippen molar-refractivity contribution in [2.75, 3.05) is 31.4 Å². The van der Waals surface area contributed by atoms with Crippen LogP contribution in [-0.4, -0.2) is 36.7 Å². The van der Waals surface area contributed by atoms with Gasteiger partial charge in [0.05, 0.1) is 19.7 Å². The van der Waals surface area contributed by atoms with Gasteiger partial charge in [-0.05, 0) is 42.7 Å². The molecule has 0 aliphatic carbocycles. The van der Waals surface area contributed by atoms with E-state index in [1.807, 2.05) is 48.5 Å². The van der Waals surface area contributed by atoms with E-state index in [0.29, 0.717) is 18.9 Å². The second kappa shape index (κ2) is 11.0. The first kappa shape index (κ1) is 21.4. The summed E-state index contributed by atoms with van der Waals surface area (Å²) in [4.78, 5) is 20.4. The number of hydrogen-bond acceptors (Lipinski definition) is 7. The lowest BCUT2D eigenvalue weighted by Gasteiger charge is -2.12. The maximum Gasteiger partial charge on any atom is 0.305 e. The minimum Gasteiger partial charge on any atom is -0.497 e. The van der Waals surface area contributed by atoms with Crippen LogP contribution in [0.1, 0.15) is 31.2 Å². The summed E-state index contributed by atoms with van der Waals surface area (Å²) in [6.45, 7) is 1.40. The van der Waals surface area contributed by atoms with E-state index in [4.69, 9.17) is 4.74 Å². The Morgan fingerprint density at radius 1 is 0.933 bits per heavy atom. The number of esters is 1. The van der Waals surface area contributed by atoms with Gasteiger partial charge in [0.25, 0.3) is 0 Å². The molecule has 3 aromatic rings. The molecule has 0 aliphatic rings. The number of unbranched alkanes of at least 4 members (excludes halogenated alkanes) is 2. The van der Waals surface area contributed by atoms with E-state index < -0.39 is 0 Å². The molecule has 0 amide bonds. The first-order valence-corrected chi connectivity index (χ1v) is 10.1. The molecule has 0 unspecified atom stereocenters. The molecule has 0 radical (unpaired) electrons. The molecule has 0 bridgehead atoms. The summed E-state index contributed by atoms with van der Waals surface area (Å²) in [6.07, 6.45) is 3.16. The molecule has 7 heteroatoms. The third-order valence-corrected chi connectivity index (χ3v) is 4.79. The summed E-state index contributed by atoms with van der Waals surface area (Å²) in [7, 11) is 3.08. The molecule has 0 spiro atoms. The van der Waals surface area contributed by atoms with Crippen molar-refractivity contribution in [3.63, 3.8) is 0 Å². The molecule has 1 aromatic heterocycles. The standard InChI is InChI=1S/C23H28N4O3/c1-29-18-13-11-17(12-14-18)16-25-22-19-8-5-6-9-20(19)26-23(27-22)24-15-7-3-4-10-21(28)30-2/h5-6,8-9,11-14H,3-4,7,10,15-16H2,1-2H3,(H2,24,25,26,27). The molecule has 158 valence electrons. The number of anilines is 2. The topological polar surface area (TPSA) is 85.4 Å². The second-order valence-corrected chi connectivity index (χ2v) is 6.93. The van der Waals surface area contributed by atoms with Gasteiger partial charge in [-0.3, -0.25) is 4.79 Å². The molecule has 1 heterocycles. The van der Waals surface area contributed by atoms with Gasteiger partial charge in [0.1, 0.15) is 11.6 Å². The summed E-state index contributed by atoms with van der Waals surface area (Å²) in [5.74, 6) is 2.07. The third kappa shape index (κ3) is 6.07. The molecule has 0 aliphatic heterocycles. The smallest absolute Gasteiger partial charge is 0.305 e. The maximum absolute atomic E-state index is 11.2. The zero-order valence-electron chi connectivity index (χ0n) is 17.5. The van der Waals surface area contributed by atoms with E-state index in [-0.39, 0.29) is 5.97 Å². The molecule has 2 N–H and O–H groups in total. The predicted octanol–water partition coefficient (Wildman–Crippen LogP) is 4.40. The Morgan fingerprint density at radius 3 is 2.50 bits per heavy atom. The lowest BCUT2D eigenvalue weighted by molar-refractivity contribution is -0.140. The number of benzene rings is 2. The van der Waals surface area contributed by atoms with Gasteiger partial charge in [-0.1, -0.05) is 30.7 Å². The minimum absolute atomic E-state index is 0.159. The highest BCUT2D eigenvalue weighted by Crippen LogP contribution is 2.23. The van der Waals surface area contributed by atoms with Crippen molar-refractivity contribution in [3.8, 4) is 5.75 Å².